The molecular weight excluding hydrogens is 394 g/mol. The summed E-state index contributed by atoms with van der Waals surface area (Å²) in [7, 11) is -2.16. The largest absolute Gasteiger partial charge is 0.493 e. The predicted molar refractivity (Wildman–Crippen MR) is 108 cm³/mol. The molecular formula is C20H23N3O5S. The molecule has 0 unspecified atom stereocenters. The highest BCUT2D eigenvalue weighted by Gasteiger charge is 2.19. The van der Waals surface area contributed by atoms with Crippen LogP contribution in [0.5, 0.6) is 11.5 Å². The van der Waals surface area contributed by atoms with Crippen LogP contribution in [-0.2, 0) is 14.8 Å². The Morgan fingerprint density at radius 2 is 1.72 bits per heavy atom. The van der Waals surface area contributed by atoms with Crippen molar-refractivity contribution in [2.45, 2.75) is 37.8 Å². The van der Waals surface area contributed by atoms with Gasteiger partial charge in [-0.1, -0.05) is 0 Å². The summed E-state index contributed by atoms with van der Waals surface area (Å²) in [5.41, 5.74) is 0.842. The lowest BCUT2D eigenvalue weighted by atomic mass is 10.2. The fraction of sp³-hybridized carbons (Fsp3) is 0.300. The SMILES string of the molecule is COc1cc(C#N)ccc1O[C@@H](C)C(=O)Nc1ccc(S(=O)(=O)NC(C)C)cc1. The molecule has 2 rings (SSSR count). The number of rotatable bonds is 8. The van der Waals surface area contributed by atoms with Crippen LogP contribution in [0.1, 0.15) is 26.3 Å². The lowest BCUT2D eigenvalue weighted by molar-refractivity contribution is -0.122. The van der Waals surface area contributed by atoms with Crippen molar-refractivity contribution in [1.82, 2.24) is 4.72 Å². The van der Waals surface area contributed by atoms with Crippen LogP contribution < -0.4 is 19.5 Å². The Labute approximate surface area is 170 Å². The first kappa shape index (κ1) is 22.2. The highest BCUT2D eigenvalue weighted by Crippen LogP contribution is 2.29. The fourth-order valence-electron chi connectivity index (χ4n) is 2.42. The van der Waals surface area contributed by atoms with E-state index in [0.29, 0.717) is 22.7 Å². The minimum atomic E-state index is -3.60. The number of nitrogens with zero attached hydrogens (tertiary/aromatic N) is 1. The third-order valence-corrected chi connectivity index (χ3v) is 5.46. The number of amides is 1. The van der Waals surface area contributed by atoms with Gasteiger partial charge in [0.1, 0.15) is 0 Å². The number of sulfonamides is 1. The molecule has 0 aromatic heterocycles. The van der Waals surface area contributed by atoms with Gasteiger partial charge in [-0.05, 0) is 57.2 Å². The molecule has 0 spiro atoms. The van der Waals surface area contributed by atoms with Crippen molar-refractivity contribution in [3.05, 3.63) is 48.0 Å². The monoisotopic (exact) mass is 417 g/mol. The number of nitriles is 1. The van der Waals surface area contributed by atoms with Gasteiger partial charge in [0, 0.05) is 17.8 Å². The zero-order chi connectivity index (χ0) is 21.6. The van der Waals surface area contributed by atoms with Gasteiger partial charge < -0.3 is 14.8 Å². The summed E-state index contributed by atoms with van der Waals surface area (Å²) in [6, 6.07) is 12.2. The van der Waals surface area contributed by atoms with Crippen LogP contribution in [0.3, 0.4) is 0 Å². The maximum Gasteiger partial charge on any atom is 0.265 e. The van der Waals surface area contributed by atoms with Gasteiger partial charge in [0.15, 0.2) is 17.6 Å². The average molecular weight is 417 g/mol. The summed E-state index contributed by atoms with van der Waals surface area (Å²) in [4.78, 5) is 12.5. The van der Waals surface area contributed by atoms with Gasteiger partial charge in [0.2, 0.25) is 10.0 Å². The number of anilines is 1. The highest BCUT2D eigenvalue weighted by atomic mass is 32.2. The third kappa shape index (κ3) is 5.94. The molecule has 0 heterocycles. The first-order valence-corrected chi connectivity index (χ1v) is 10.3. The van der Waals surface area contributed by atoms with Crippen molar-refractivity contribution in [2.24, 2.45) is 0 Å². The lowest BCUT2D eigenvalue weighted by Gasteiger charge is -2.17. The Bertz CT molecular complexity index is 1010. The average Bonchev–Trinajstić information content (AvgIpc) is 2.67. The summed E-state index contributed by atoms with van der Waals surface area (Å²) in [6.45, 7) is 5.03. The van der Waals surface area contributed by atoms with E-state index in [1.165, 1.54) is 37.4 Å². The number of nitrogens with one attached hydrogen (secondary N) is 2. The van der Waals surface area contributed by atoms with Crippen LogP contribution in [0.15, 0.2) is 47.4 Å². The van der Waals surface area contributed by atoms with Crippen molar-refractivity contribution < 1.29 is 22.7 Å². The van der Waals surface area contributed by atoms with Gasteiger partial charge >= 0.3 is 0 Å². The number of carbonyl (C=O) groups is 1. The number of hydrogen-bond donors (Lipinski definition) is 2. The van der Waals surface area contributed by atoms with Gasteiger partial charge in [0.05, 0.1) is 23.6 Å². The Hall–Kier alpha value is -3.09. The van der Waals surface area contributed by atoms with Crippen molar-refractivity contribution in [1.29, 1.82) is 5.26 Å². The normalized spacial score (nSPS) is 12.1. The van der Waals surface area contributed by atoms with E-state index >= 15 is 0 Å². The van der Waals surface area contributed by atoms with E-state index in [9.17, 15) is 13.2 Å². The predicted octanol–water partition coefficient (Wildman–Crippen LogP) is 2.66. The second kappa shape index (κ2) is 9.41. The van der Waals surface area contributed by atoms with Gasteiger partial charge in [-0.25, -0.2) is 13.1 Å². The van der Waals surface area contributed by atoms with Gasteiger partial charge in [-0.2, -0.15) is 5.26 Å². The number of methoxy groups -OCH3 is 1. The molecule has 0 fully saturated rings. The summed E-state index contributed by atoms with van der Waals surface area (Å²) in [5.74, 6) is 0.249. The van der Waals surface area contributed by atoms with Crippen LogP contribution in [0.2, 0.25) is 0 Å². The van der Waals surface area contributed by atoms with Gasteiger partial charge in [-0.15, -0.1) is 0 Å². The Morgan fingerprint density at radius 3 is 2.28 bits per heavy atom. The Morgan fingerprint density at radius 1 is 1.07 bits per heavy atom. The van der Waals surface area contributed by atoms with Crippen LogP contribution in [-0.4, -0.2) is 33.6 Å². The van der Waals surface area contributed by atoms with Crippen molar-refractivity contribution in [3.8, 4) is 17.6 Å². The molecule has 0 saturated carbocycles. The van der Waals surface area contributed by atoms with E-state index in [4.69, 9.17) is 14.7 Å². The van der Waals surface area contributed by atoms with Crippen molar-refractivity contribution in [3.63, 3.8) is 0 Å². The second-order valence-electron chi connectivity index (χ2n) is 6.53. The molecule has 2 aromatic rings. The summed E-state index contributed by atoms with van der Waals surface area (Å²) in [6.07, 6.45) is -0.858. The molecule has 0 aliphatic heterocycles. The molecule has 154 valence electrons. The van der Waals surface area contributed by atoms with E-state index in [-0.39, 0.29) is 10.9 Å². The van der Waals surface area contributed by atoms with Gasteiger partial charge in [-0.3, -0.25) is 4.79 Å². The third-order valence-electron chi connectivity index (χ3n) is 3.79. The van der Waals surface area contributed by atoms with Crippen LogP contribution in [0.4, 0.5) is 5.69 Å². The van der Waals surface area contributed by atoms with Crippen LogP contribution in [0.25, 0.3) is 0 Å². The Kier molecular flexibility index (Phi) is 7.20. The molecule has 0 radical (unpaired) electrons. The minimum absolute atomic E-state index is 0.107. The van der Waals surface area contributed by atoms with Crippen LogP contribution in [0, 0.1) is 11.3 Å². The smallest absolute Gasteiger partial charge is 0.265 e. The molecule has 8 nitrogen and oxygen atoms in total. The summed E-state index contributed by atoms with van der Waals surface area (Å²) < 4.78 is 37.6. The van der Waals surface area contributed by atoms with Crippen molar-refractivity contribution in [2.75, 3.05) is 12.4 Å². The fourth-order valence-corrected chi connectivity index (χ4v) is 3.67. The van der Waals surface area contributed by atoms with E-state index in [0.717, 1.165) is 0 Å². The quantitative estimate of drug-likeness (QED) is 0.682. The molecule has 2 aromatic carbocycles. The van der Waals surface area contributed by atoms with E-state index in [1.807, 2.05) is 6.07 Å². The number of hydrogen-bond acceptors (Lipinski definition) is 6. The highest BCUT2D eigenvalue weighted by molar-refractivity contribution is 7.89. The maximum absolute atomic E-state index is 12.4. The van der Waals surface area contributed by atoms with E-state index in [1.54, 1.807) is 32.9 Å². The Balaban J connectivity index is 2.06. The van der Waals surface area contributed by atoms with Crippen LogP contribution >= 0.6 is 0 Å². The molecule has 0 aliphatic rings. The summed E-state index contributed by atoms with van der Waals surface area (Å²) >= 11 is 0. The lowest BCUT2D eigenvalue weighted by Crippen LogP contribution is -2.31. The first-order valence-electron chi connectivity index (χ1n) is 8.84. The standard InChI is InChI=1S/C20H23N3O5S/c1-13(2)23-29(25,26)17-8-6-16(7-9-17)22-20(24)14(3)28-18-10-5-15(12-21)11-19(18)27-4/h5-11,13-14,23H,1-4H3,(H,22,24)/t14-/m0/s1. The molecule has 1 amide bonds. The zero-order valence-corrected chi connectivity index (χ0v) is 17.4. The molecule has 0 bridgehead atoms. The molecule has 0 aliphatic carbocycles. The number of carbonyl (C=O) groups excluding carboxylic acids is 1. The topological polar surface area (TPSA) is 118 Å². The molecule has 2 N–H and O–H groups in total. The van der Waals surface area contributed by atoms with E-state index in [2.05, 4.69) is 10.0 Å². The summed E-state index contributed by atoms with van der Waals surface area (Å²) in [5, 5.41) is 11.6. The molecule has 1 atom stereocenters. The maximum atomic E-state index is 12.4. The first-order chi connectivity index (χ1) is 13.7. The second-order valence-corrected chi connectivity index (χ2v) is 8.24. The number of benzene rings is 2. The molecule has 9 heteroatoms. The number of ether oxygens (including phenoxy) is 2. The zero-order valence-electron chi connectivity index (χ0n) is 16.6. The molecule has 0 saturated heterocycles. The van der Waals surface area contributed by atoms with E-state index < -0.39 is 22.0 Å². The van der Waals surface area contributed by atoms with Gasteiger partial charge in [0.25, 0.3) is 5.91 Å². The molecule has 29 heavy (non-hydrogen) atoms. The van der Waals surface area contributed by atoms with Crippen molar-refractivity contribution >= 4 is 21.6 Å². The minimum Gasteiger partial charge on any atom is -0.493 e.